The van der Waals surface area contributed by atoms with Gasteiger partial charge in [0.05, 0.1) is 0 Å². The van der Waals surface area contributed by atoms with Crippen molar-refractivity contribution in [2.75, 3.05) is 6.54 Å². The van der Waals surface area contributed by atoms with Crippen LogP contribution in [0.25, 0.3) is 11.4 Å². The normalized spacial score (nSPS) is 11.4. The molecule has 3 N–H and O–H groups in total. The number of hydrogen-bond donors (Lipinski definition) is 2. The number of nitrogens with two attached hydrogens (primary N) is 1. The molecule has 0 aliphatic heterocycles. The van der Waals surface area contributed by atoms with Crippen LogP contribution in [0, 0.1) is 5.92 Å². The van der Waals surface area contributed by atoms with Gasteiger partial charge in [-0.1, -0.05) is 19.0 Å². The van der Waals surface area contributed by atoms with Crippen LogP contribution >= 0.6 is 24.8 Å². The lowest BCUT2D eigenvalue weighted by Gasteiger charge is -2.18. The summed E-state index contributed by atoms with van der Waals surface area (Å²) in [6.45, 7) is 4.65. The minimum absolute atomic E-state index is 0. The SMILES string of the molecule is CC(C)CC(CN)NC(=O)CCc1nc(-c2ccncc2)no1.Cl.Cl. The number of nitrogens with one attached hydrogen (secondary N) is 1. The van der Waals surface area contributed by atoms with Gasteiger partial charge in [0.15, 0.2) is 0 Å². The van der Waals surface area contributed by atoms with Crippen molar-refractivity contribution in [2.45, 2.75) is 39.2 Å². The van der Waals surface area contributed by atoms with Crippen LogP contribution in [0.5, 0.6) is 0 Å². The molecule has 9 heteroatoms. The van der Waals surface area contributed by atoms with E-state index in [1.807, 2.05) is 0 Å². The largest absolute Gasteiger partial charge is 0.352 e. The van der Waals surface area contributed by atoms with Crippen LogP contribution in [-0.2, 0) is 11.2 Å². The van der Waals surface area contributed by atoms with Gasteiger partial charge in [-0.05, 0) is 24.5 Å². The van der Waals surface area contributed by atoms with Gasteiger partial charge in [-0.3, -0.25) is 9.78 Å². The van der Waals surface area contributed by atoms with Gasteiger partial charge in [0.2, 0.25) is 17.6 Å². The molecule has 0 saturated carbocycles. The minimum Gasteiger partial charge on any atom is -0.352 e. The highest BCUT2D eigenvalue weighted by Crippen LogP contribution is 2.14. The molecule has 2 aromatic rings. The highest BCUT2D eigenvalue weighted by molar-refractivity contribution is 5.85. The molecule has 0 bridgehead atoms. The number of nitrogens with zero attached hydrogens (tertiary/aromatic N) is 3. The zero-order chi connectivity index (χ0) is 16.7. The van der Waals surface area contributed by atoms with Crippen molar-refractivity contribution >= 4 is 30.7 Å². The molecule has 0 radical (unpaired) electrons. The topological polar surface area (TPSA) is 107 Å². The molecule has 0 aliphatic carbocycles. The lowest BCUT2D eigenvalue weighted by molar-refractivity contribution is -0.121. The van der Waals surface area contributed by atoms with Crippen LogP contribution in [-0.4, -0.2) is 33.6 Å². The lowest BCUT2D eigenvalue weighted by atomic mass is 10.0. The number of hydrogen-bond acceptors (Lipinski definition) is 6. The molecule has 1 atom stereocenters. The molecule has 2 heterocycles. The van der Waals surface area contributed by atoms with Gasteiger partial charge < -0.3 is 15.6 Å². The van der Waals surface area contributed by atoms with Crippen LogP contribution in [0.4, 0.5) is 0 Å². The van der Waals surface area contributed by atoms with Crippen LogP contribution in [0.15, 0.2) is 29.0 Å². The molecule has 0 aromatic carbocycles. The predicted octanol–water partition coefficient (Wildman–Crippen LogP) is 2.40. The van der Waals surface area contributed by atoms with Crippen LogP contribution < -0.4 is 11.1 Å². The third-order valence-electron chi connectivity index (χ3n) is 3.38. The first-order valence-electron chi connectivity index (χ1n) is 7.81. The maximum atomic E-state index is 12.0. The van der Waals surface area contributed by atoms with E-state index in [-0.39, 0.29) is 36.8 Å². The van der Waals surface area contributed by atoms with E-state index < -0.39 is 0 Å². The number of rotatable bonds is 8. The summed E-state index contributed by atoms with van der Waals surface area (Å²) in [6.07, 6.45) is 4.91. The van der Waals surface area contributed by atoms with E-state index in [4.69, 9.17) is 10.3 Å². The summed E-state index contributed by atoms with van der Waals surface area (Å²) in [5, 5.41) is 6.86. The van der Waals surface area contributed by atoms with Crippen LogP contribution in [0.2, 0.25) is 0 Å². The number of pyridine rings is 1. The maximum absolute atomic E-state index is 12.0. The van der Waals surface area contributed by atoms with E-state index >= 15 is 0 Å². The number of carbonyl (C=O) groups is 1. The van der Waals surface area contributed by atoms with Crippen molar-refractivity contribution in [1.82, 2.24) is 20.4 Å². The summed E-state index contributed by atoms with van der Waals surface area (Å²) in [7, 11) is 0. The lowest BCUT2D eigenvalue weighted by Crippen LogP contribution is -2.41. The first-order chi connectivity index (χ1) is 11.1. The van der Waals surface area contributed by atoms with Gasteiger partial charge in [-0.25, -0.2) is 0 Å². The fourth-order valence-corrected chi connectivity index (χ4v) is 2.28. The second-order valence-corrected chi connectivity index (χ2v) is 5.88. The first kappa shape index (κ1) is 23.3. The molecule has 25 heavy (non-hydrogen) atoms. The van der Waals surface area contributed by atoms with Crippen molar-refractivity contribution in [3.63, 3.8) is 0 Å². The molecule has 2 rings (SSSR count). The van der Waals surface area contributed by atoms with E-state index in [1.54, 1.807) is 24.5 Å². The maximum Gasteiger partial charge on any atom is 0.227 e. The van der Waals surface area contributed by atoms with Gasteiger partial charge >= 0.3 is 0 Å². The van der Waals surface area contributed by atoms with E-state index in [0.29, 0.717) is 37.0 Å². The molecule has 2 aromatic heterocycles. The Balaban J connectivity index is 0.00000288. The molecule has 0 spiro atoms. The van der Waals surface area contributed by atoms with Gasteiger partial charge in [-0.2, -0.15) is 4.98 Å². The molecular formula is C16H25Cl2N5O2. The Labute approximate surface area is 160 Å². The third-order valence-corrected chi connectivity index (χ3v) is 3.38. The second-order valence-electron chi connectivity index (χ2n) is 5.88. The molecular weight excluding hydrogens is 365 g/mol. The van der Waals surface area contributed by atoms with Gasteiger partial charge in [0, 0.05) is 43.4 Å². The van der Waals surface area contributed by atoms with Crippen LogP contribution in [0.3, 0.4) is 0 Å². The molecule has 0 aliphatic rings. The molecule has 140 valence electrons. The Morgan fingerprint density at radius 1 is 1.28 bits per heavy atom. The second kappa shape index (κ2) is 11.8. The summed E-state index contributed by atoms with van der Waals surface area (Å²) in [5.74, 6) is 1.38. The molecule has 7 nitrogen and oxygen atoms in total. The minimum atomic E-state index is -0.0511. The predicted molar refractivity (Wildman–Crippen MR) is 101 cm³/mol. The zero-order valence-electron chi connectivity index (χ0n) is 14.3. The number of aromatic nitrogens is 3. The van der Waals surface area contributed by atoms with Gasteiger partial charge in [-0.15, -0.1) is 24.8 Å². The number of aryl methyl sites for hydroxylation is 1. The standard InChI is InChI=1S/C16H23N5O2.2ClH/c1-11(2)9-13(10-17)19-14(22)3-4-15-20-16(21-23-15)12-5-7-18-8-6-12;;/h5-8,11,13H,3-4,9-10,17H2,1-2H3,(H,19,22);2*1H. The Morgan fingerprint density at radius 2 is 1.96 bits per heavy atom. The number of halogens is 2. The van der Waals surface area contributed by atoms with Crippen molar-refractivity contribution in [3.8, 4) is 11.4 Å². The van der Waals surface area contributed by atoms with Gasteiger partial charge in [0.25, 0.3) is 0 Å². The Kier molecular flexibility index (Phi) is 11.0. The third kappa shape index (κ3) is 7.81. The summed E-state index contributed by atoms with van der Waals surface area (Å²) >= 11 is 0. The quantitative estimate of drug-likeness (QED) is 0.717. The molecule has 1 unspecified atom stereocenters. The number of amides is 1. The highest BCUT2D eigenvalue weighted by atomic mass is 35.5. The Morgan fingerprint density at radius 3 is 2.56 bits per heavy atom. The van der Waals surface area contributed by atoms with E-state index in [2.05, 4.69) is 34.3 Å². The van der Waals surface area contributed by atoms with E-state index in [9.17, 15) is 4.79 Å². The molecule has 0 fully saturated rings. The zero-order valence-corrected chi connectivity index (χ0v) is 16.0. The van der Waals surface area contributed by atoms with E-state index in [0.717, 1.165) is 12.0 Å². The molecule has 0 saturated heterocycles. The van der Waals surface area contributed by atoms with Crippen LogP contribution in [0.1, 0.15) is 32.6 Å². The van der Waals surface area contributed by atoms with E-state index in [1.165, 1.54) is 0 Å². The average molecular weight is 390 g/mol. The first-order valence-corrected chi connectivity index (χ1v) is 7.81. The summed E-state index contributed by atoms with van der Waals surface area (Å²) in [5.41, 5.74) is 6.52. The highest BCUT2D eigenvalue weighted by Gasteiger charge is 2.14. The fourth-order valence-electron chi connectivity index (χ4n) is 2.28. The average Bonchev–Trinajstić information content (AvgIpc) is 3.01. The van der Waals surface area contributed by atoms with Crippen molar-refractivity contribution < 1.29 is 9.32 Å². The van der Waals surface area contributed by atoms with Gasteiger partial charge in [0.1, 0.15) is 0 Å². The Hall–Kier alpha value is -1.70. The molecule has 1 amide bonds. The monoisotopic (exact) mass is 389 g/mol. The summed E-state index contributed by atoms with van der Waals surface area (Å²) in [4.78, 5) is 20.2. The smallest absolute Gasteiger partial charge is 0.227 e. The van der Waals surface area contributed by atoms with Crippen molar-refractivity contribution in [2.24, 2.45) is 11.7 Å². The fraction of sp³-hybridized carbons (Fsp3) is 0.500. The van der Waals surface area contributed by atoms with Crippen molar-refractivity contribution in [1.29, 1.82) is 0 Å². The van der Waals surface area contributed by atoms with Crippen molar-refractivity contribution in [3.05, 3.63) is 30.4 Å². The number of carbonyl (C=O) groups excluding carboxylic acids is 1. The summed E-state index contributed by atoms with van der Waals surface area (Å²) < 4.78 is 5.18. The Bertz CT molecular complexity index is 622. The summed E-state index contributed by atoms with van der Waals surface area (Å²) in [6, 6.07) is 3.62.